The topological polar surface area (TPSA) is 21.3 Å². The van der Waals surface area contributed by atoms with Crippen molar-refractivity contribution in [2.24, 2.45) is 11.8 Å². The van der Waals surface area contributed by atoms with Crippen LogP contribution in [-0.2, 0) is 6.42 Å². The number of fused-ring (bicyclic) bond motifs is 1. The third kappa shape index (κ3) is 3.11. The quantitative estimate of drug-likeness (QED) is 0.877. The largest absolute Gasteiger partial charge is 0.488 e. The van der Waals surface area contributed by atoms with Gasteiger partial charge in [-0.3, -0.25) is 0 Å². The molecule has 2 heteroatoms. The van der Waals surface area contributed by atoms with E-state index in [1.807, 2.05) is 0 Å². The van der Waals surface area contributed by atoms with E-state index < -0.39 is 0 Å². The second-order valence-corrected chi connectivity index (χ2v) is 6.67. The lowest BCUT2D eigenvalue weighted by atomic mass is 9.72. The molecular formula is C19H29NO. The predicted molar refractivity (Wildman–Crippen MR) is 87.8 cm³/mol. The number of hydrogen-bond donors (Lipinski definition) is 1. The molecule has 0 aromatic heterocycles. The van der Waals surface area contributed by atoms with Gasteiger partial charge in [0, 0.05) is 12.5 Å². The van der Waals surface area contributed by atoms with E-state index in [0.29, 0.717) is 12.1 Å². The van der Waals surface area contributed by atoms with Crippen LogP contribution < -0.4 is 10.1 Å². The van der Waals surface area contributed by atoms with Gasteiger partial charge in [-0.05, 0) is 36.4 Å². The summed E-state index contributed by atoms with van der Waals surface area (Å²) in [5.74, 6) is 2.76. The van der Waals surface area contributed by atoms with Crippen molar-refractivity contribution in [3.63, 3.8) is 0 Å². The summed E-state index contributed by atoms with van der Waals surface area (Å²) >= 11 is 0. The Bertz CT molecular complexity index is 434. The van der Waals surface area contributed by atoms with Crippen molar-refractivity contribution in [2.75, 3.05) is 6.54 Å². The summed E-state index contributed by atoms with van der Waals surface area (Å²) in [4.78, 5) is 0. The number of para-hydroxylation sites is 1. The SMILES string of the molecule is CCNC(C1Cc2ccccc2O1)C1CCCCC1CC. The van der Waals surface area contributed by atoms with Gasteiger partial charge in [0.05, 0.1) is 0 Å². The molecule has 0 saturated heterocycles. The van der Waals surface area contributed by atoms with Crippen LogP contribution in [0.2, 0.25) is 0 Å². The predicted octanol–water partition coefficient (Wildman–Crippen LogP) is 4.18. The molecule has 1 fully saturated rings. The molecule has 0 bridgehead atoms. The lowest BCUT2D eigenvalue weighted by Crippen LogP contribution is -2.50. The minimum Gasteiger partial charge on any atom is -0.488 e. The fraction of sp³-hybridized carbons (Fsp3) is 0.684. The van der Waals surface area contributed by atoms with Gasteiger partial charge in [0.15, 0.2) is 0 Å². The Morgan fingerprint density at radius 1 is 1.19 bits per heavy atom. The van der Waals surface area contributed by atoms with Crippen LogP contribution in [0.25, 0.3) is 0 Å². The highest BCUT2D eigenvalue weighted by molar-refractivity contribution is 5.37. The number of rotatable bonds is 5. The first-order chi connectivity index (χ1) is 10.3. The van der Waals surface area contributed by atoms with E-state index in [0.717, 1.165) is 30.6 Å². The van der Waals surface area contributed by atoms with Crippen LogP contribution in [0.1, 0.15) is 51.5 Å². The van der Waals surface area contributed by atoms with Crippen molar-refractivity contribution in [3.05, 3.63) is 29.8 Å². The Balaban J connectivity index is 1.76. The van der Waals surface area contributed by atoms with Crippen LogP contribution in [0.3, 0.4) is 0 Å². The van der Waals surface area contributed by atoms with Crippen molar-refractivity contribution in [1.82, 2.24) is 5.32 Å². The van der Waals surface area contributed by atoms with Crippen LogP contribution in [0.15, 0.2) is 24.3 Å². The highest BCUT2D eigenvalue weighted by atomic mass is 16.5. The Labute approximate surface area is 129 Å². The summed E-state index contributed by atoms with van der Waals surface area (Å²) < 4.78 is 6.31. The molecular weight excluding hydrogens is 258 g/mol. The van der Waals surface area contributed by atoms with E-state index in [2.05, 4.69) is 43.4 Å². The normalized spacial score (nSPS) is 29.7. The number of nitrogens with one attached hydrogen (secondary N) is 1. The van der Waals surface area contributed by atoms with Crippen LogP contribution >= 0.6 is 0 Å². The molecule has 4 unspecified atom stereocenters. The van der Waals surface area contributed by atoms with Gasteiger partial charge in [-0.25, -0.2) is 0 Å². The van der Waals surface area contributed by atoms with Gasteiger partial charge < -0.3 is 10.1 Å². The Morgan fingerprint density at radius 2 is 2.00 bits per heavy atom. The van der Waals surface area contributed by atoms with E-state index in [4.69, 9.17) is 4.74 Å². The zero-order valence-corrected chi connectivity index (χ0v) is 13.5. The lowest BCUT2D eigenvalue weighted by molar-refractivity contribution is 0.0876. The molecule has 0 spiro atoms. The molecule has 21 heavy (non-hydrogen) atoms. The Hall–Kier alpha value is -1.02. The molecule has 1 aromatic rings. The van der Waals surface area contributed by atoms with Crippen LogP contribution in [0.5, 0.6) is 5.75 Å². The monoisotopic (exact) mass is 287 g/mol. The first-order valence-electron chi connectivity index (χ1n) is 8.81. The summed E-state index contributed by atoms with van der Waals surface area (Å²) in [6.07, 6.45) is 8.28. The zero-order valence-electron chi connectivity index (χ0n) is 13.5. The standard InChI is InChI=1S/C19H29NO/c1-3-14-9-5-7-11-16(14)19(20-4-2)18-13-15-10-6-8-12-17(15)21-18/h6,8,10,12,14,16,18-20H,3-5,7,9,11,13H2,1-2H3. The smallest absolute Gasteiger partial charge is 0.123 e. The van der Waals surface area contributed by atoms with Crippen molar-refractivity contribution in [3.8, 4) is 5.75 Å². The van der Waals surface area contributed by atoms with Gasteiger partial charge in [-0.1, -0.05) is 57.7 Å². The average Bonchev–Trinajstić information content (AvgIpc) is 2.96. The highest BCUT2D eigenvalue weighted by Crippen LogP contribution is 2.39. The molecule has 1 aliphatic heterocycles. The van der Waals surface area contributed by atoms with E-state index in [-0.39, 0.29) is 0 Å². The van der Waals surface area contributed by atoms with Crippen LogP contribution in [0, 0.1) is 11.8 Å². The number of hydrogen-bond acceptors (Lipinski definition) is 2. The van der Waals surface area contributed by atoms with Gasteiger partial charge in [-0.2, -0.15) is 0 Å². The molecule has 1 saturated carbocycles. The third-order valence-electron chi connectivity index (χ3n) is 5.47. The van der Waals surface area contributed by atoms with Crippen LogP contribution in [-0.4, -0.2) is 18.7 Å². The fourth-order valence-corrected chi connectivity index (χ4v) is 4.42. The fourth-order valence-electron chi connectivity index (χ4n) is 4.42. The number of likely N-dealkylation sites (N-methyl/N-ethyl adjacent to an activating group) is 1. The second-order valence-electron chi connectivity index (χ2n) is 6.67. The molecule has 2 aliphatic rings. The van der Waals surface area contributed by atoms with E-state index >= 15 is 0 Å². The minimum atomic E-state index is 0.319. The summed E-state index contributed by atoms with van der Waals surface area (Å²) in [5.41, 5.74) is 1.38. The molecule has 0 radical (unpaired) electrons. The zero-order chi connectivity index (χ0) is 14.7. The maximum Gasteiger partial charge on any atom is 0.123 e. The molecule has 2 nitrogen and oxygen atoms in total. The van der Waals surface area contributed by atoms with Gasteiger partial charge in [-0.15, -0.1) is 0 Å². The number of ether oxygens (including phenoxy) is 1. The van der Waals surface area contributed by atoms with E-state index in [1.54, 1.807) is 0 Å². The van der Waals surface area contributed by atoms with Crippen molar-refractivity contribution < 1.29 is 4.74 Å². The summed E-state index contributed by atoms with van der Waals surface area (Å²) in [6, 6.07) is 9.06. The third-order valence-corrected chi connectivity index (χ3v) is 5.47. The first kappa shape index (κ1) is 14.9. The molecule has 0 amide bonds. The van der Waals surface area contributed by atoms with Crippen LogP contribution in [0.4, 0.5) is 0 Å². The van der Waals surface area contributed by atoms with Crippen molar-refractivity contribution in [2.45, 2.75) is 64.5 Å². The van der Waals surface area contributed by atoms with Gasteiger partial charge in [0.25, 0.3) is 0 Å². The molecule has 116 valence electrons. The highest BCUT2D eigenvalue weighted by Gasteiger charge is 2.38. The maximum atomic E-state index is 6.31. The van der Waals surface area contributed by atoms with E-state index in [1.165, 1.54) is 37.7 Å². The maximum absolute atomic E-state index is 6.31. The molecule has 1 aliphatic carbocycles. The van der Waals surface area contributed by atoms with E-state index in [9.17, 15) is 0 Å². The van der Waals surface area contributed by atoms with Gasteiger partial charge in [0.2, 0.25) is 0 Å². The molecule has 1 aromatic carbocycles. The molecule has 3 rings (SSSR count). The lowest BCUT2D eigenvalue weighted by Gasteiger charge is -2.39. The average molecular weight is 287 g/mol. The second kappa shape index (κ2) is 6.83. The number of benzene rings is 1. The minimum absolute atomic E-state index is 0.319. The summed E-state index contributed by atoms with van der Waals surface area (Å²) in [5, 5.41) is 3.77. The Kier molecular flexibility index (Phi) is 4.84. The van der Waals surface area contributed by atoms with Crippen molar-refractivity contribution >= 4 is 0 Å². The van der Waals surface area contributed by atoms with Gasteiger partial charge in [0.1, 0.15) is 11.9 Å². The summed E-state index contributed by atoms with van der Waals surface area (Å²) in [7, 11) is 0. The Morgan fingerprint density at radius 3 is 2.76 bits per heavy atom. The molecule has 1 heterocycles. The summed E-state index contributed by atoms with van der Waals surface area (Å²) in [6.45, 7) is 5.61. The molecule has 4 atom stereocenters. The van der Waals surface area contributed by atoms with Crippen molar-refractivity contribution in [1.29, 1.82) is 0 Å². The molecule has 1 N–H and O–H groups in total. The first-order valence-corrected chi connectivity index (χ1v) is 8.81. The van der Waals surface area contributed by atoms with Gasteiger partial charge >= 0.3 is 0 Å².